The molecule has 10 heteroatoms. The molecule has 0 saturated heterocycles. The highest BCUT2D eigenvalue weighted by Gasteiger charge is 2.14. The van der Waals surface area contributed by atoms with Gasteiger partial charge in [-0.25, -0.2) is 15.2 Å². The van der Waals surface area contributed by atoms with Crippen molar-refractivity contribution in [2.24, 2.45) is 5.10 Å². The lowest BCUT2D eigenvalue weighted by molar-refractivity contribution is 0.0735. The largest absolute Gasteiger partial charge is 0.493 e. The topological polar surface area (TPSA) is 129 Å². The molecule has 0 radical (unpaired) electrons. The van der Waals surface area contributed by atoms with Gasteiger partial charge >= 0.3 is 5.97 Å². The molecule has 0 spiro atoms. The summed E-state index contributed by atoms with van der Waals surface area (Å²) in [6.07, 6.45) is 1.48. The Morgan fingerprint density at radius 2 is 2.00 bits per heavy atom. The number of thiophene rings is 1. The Morgan fingerprint density at radius 3 is 2.71 bits per heavy atom. The minimum atomic E-state index is -0.576. The SMILES string of the molecule is COc1cc(C=NNc2nc(-c3ccccc3)c(C#N)c(=O)[nH]2)ccc1OC(=O)c1cccs1. The van der Waals surface area contributed by atoms with Gasteiger partial charge in [-0.1, -0.05) is 36.4 Å². The van der Waals surface area contributed by atoms with Crippen LogP contribution in [0.15, 0.2) is 75.9 Å². The van der Waals surface area contributed by atoms with Crippen LogP contribution in [0.3, 0.4) is 0 Å². The van der Waals surface area contributed by atoms with E-state index in [1.807, 2.05) is 12.1 Å². The molecule has 9 nitrogen and oxygen atoms in total. The van der Waals surface area contributed by atoms with Crippen molar-refractivity contribution >= 4 is 29.5 Å². The van der Waals surface area contributed by atoms with Gasteiger partial charge in [-0.2, -0.15) is 10.4 Å². The number of nitrogens with one attached hydrogen (secondary N) is 2. The predicted molar refractivity (Wildman–Crippen MR) is 128 cm³/mol. The van der Waals surface area contributed by atoms with Crippen molar-refractivity contribution in [2.45, 2.75) is 0 Å². The van der Waals surface area contributed by atoms with Gasteiger partial charge in [-0.15, -0.1) is 11.3 Å². The lowest BCUT2D eigenvalue weighted by Crippen LogP contribution is -2.16. The minimum absolute atomic E-state index is 0.0765. The van der Waals surface area contributed by atoms with Crippen LogP contribution in [0, 0.1) is 11.3 Å². The number of carbonyl (C=O) groups is 1. The first-order valence-electron chi connectivity index (χ1n) is 9.91. The monoisotopic (exact) mass is 471 g/mol. The number of hydrogen-bond acceptors (Lipinski definition) is 9. The van der Waals surface area contributed by atoms with Crippen LogP contribution in [-0.4, -0.2) is 29.3 Å². The van der Waals surface area contributed by atoms with Gasteiger partial charge in [-0.3, -0.25) is 9.78 Å². The number of hydrazone groups is 1. The van der Waals surface area contributed by atoms with Crippen LogP contribution < -0.4 is 20.5 Å². The van der Waals surface area contributed by atoms with Crippen molar-refractivity contribution in [1.29, 1.82) is 5.26 Å². The normalized spacial score (nSPS) is 10.6. The van der Waals surface area contributed by atoms with Crippen molar-refractivity contribution in [2.75, 3.05) is 12.5 Å². The number of nitriles is 1. The van der Waals surface area contributed by atoms with Gasteiger partial charge in [0, 0.05) is 5.56 Å². The van der Waals surface area contributed by atoms with Gasteiger partial charge in [0.1, 0.15) is 16.5 Å². The Bertz CT molecular complexity index is 1440. The Morgan fingerprint density at radius 1 is 1.18 bits per heavy atom. The lowest BCUT2D eigenvalue weighted by Gasteiger charge is -2.09. The molecule has 0 unspecified atom stereocenters. The van der Waals surface area contributed by atoms with Crippen LogP contribution in [0.5, 0.6) is 11.5 Å². The zero-order chi connectivity index (χ0) is 23.9. The molecule has 34 heavy (non-hydrogen) atoms. The molecule has 0 fully saturated rings. The summed E-state index contributed by atoms with van der Waals surface area (Å²) in [6, 6.07) is 19.2. The Hall–Kier alpha value is -4.75. The molecule has 0 saturated carbocycles. The van der Waals surface area contributed by atoms with Gasteiger partial charge in [0.25, 0.3) is 5.56 Å². The summed E-state index contributed by atoms with van der Waals surface area (Å²) in [4.78, 5) is 31.8. The highest BCUT2D eigenvalue weighted by molar-refractivity contribution is 7.12. The van der Waals surface area contributed by atoms with Crippen molar-refractivity contribution in [3.8, 4) is 28.8 Å². The van der Waals surface area contributed by atoms with E-state index in [1.165, 1.54) is 24.7 Å². The van der Waals surface area contributed by atoms with Gasteiger partial charge in [0.2, 0.25) is 5.95 Å². The molecule has 2 aromatic carbocycles. The lowest BCUT2D eigenvalue weighted by atomic mass is 10.1. The first kappa shape index (κ1) is 22.4. The molecule has 4 aromatic rings. The molecular formula is C24H17N5O4S. The summed E-state index contributed by atoms with van der Waals surface area (Å²) in [5, 5.41) is 15.2. The molecule has 2 N–H and O–H groups in total. The Labute approximate surface area is 198 Å². The van der Waals surface area contributed by atoms with E-state index in [4.69, 9.17) is 9.47 Å². The maximum absolute atomic E-state index is 12.3. The molecule has 168 valence electrons. The quantitative estimate of drug-likeness (QED) is 0.180. The van der Waals surface area contributed by atoms with Crippen molar-refractivity contribution in [1.82, 2.24) is 9.97 Å². The number of esters is 1. The number of hydrogen-bond donors (Lipinski definition) is 2. The van der Waals surface area contributed by atoms with Crippen LogP contribution in [-0.2, 0) is 0 Å². The number of anilines is 1. The number of nitrogens with zero attached hydrogens (tertiary/aromatic N) is 3. The van der Waals surface area contributed by atoms with E-state index in [2.05, 4.69) is 20.5 Å². The Balaban J connectivity index is 1.52. The third-order valence-corrected chi connectivity index (χ3v) is 5.43. The van der Waals surface area contributed by atoms with E-state index >= 15 is 0 Å². The van der Waals surface area contributed by atoms with Crippen LogP contribution in [0.4, 0.5) is 5.95 Å². The first-order chi connectivity index (χ1) is 16.6. The third kappa shape index (κ3) is 5.01. The molecule has 0 amide bonds. The predicted octanol–water partition coefficient (Wildman–Crippen LogP) is 4.04. The van der Waals surface area contributed by atoms with Crippen LogP contribution in [0.2, 0.25) is 0 Å². The smallest absolute Gasteiger partial charge is 0.353 e. The summed E-state index contributed by atoms with van der Waals surface area (Å²) in [7, 11) is 1.47. The molecule has 2 heterocycles. The summed E-state index contributed by atoms with van der Waals surface area (Å²) >= 11 is 1.28. The van der Waals surface area contributed by atoms with Crippen LogP contribution >= 0.6 is 11.3 Å². The van der Waals surface area contributed by atoms with Crippen LogP contribution in [0.25, 0.3) is 11.3 Å². The number of aromatic nitrogens is 2. The van der Waals surface area contributed by atoms with E-state index < -0.39 is 11.5 Å². The van der Waals surface area contributed by atoms with Crippen molar-refractivity contribution in [3.63, 3.8) is 0 Å². The fourth-order valence-corrected chi connectivity index (χ4v) is 3.60. The number of methoxy groups -OCH3 is 1. The number of aromatic amines is 1. The highest BCUT2D eigenvalue weighted by atomic mass is 32.1. The molecular weight excluding hydrogens is 454 g/mol. The maximum Gasteiger partial charge on any atom is 0.353 e. The molecule has 0 bridgehead atoms. The maximum atomic E-state index is 12.3. The van der Waals surface area contributed by atoms with Gasteiger partial charge in [0.15, 0.2) is 11.5 Å². The average Bonchev–Trinajstić information content (AvgIpc) is 3.40. The summed E-state index contributed by atoms with van der Waals surface area (Å²) in [5.74, 6) is 0.232. The summed E-state index contributed by atoms with van der Waals surface area (Å²) in [6.45, 7) is 0. The summed E-state index contributed by atoms with van der Waals surface area (Å²) < 4.78 is 10.7. The van der Waals surface area contributed by atoms with E-state index in [-0.39, 0.29) is 23.0 Å². The highest BCUT2D eigenvalue weighted by Crippen LogP contribution is 2.29. The number of benzene rings is 2. The second-order valence-electron chi connectivity index (χ2n) is 6.76. The van der Waals surface area contributed by atoms with E-state index in [1.54, 1.807) is 60.0 Å². The molecule has 0 aliphatic carbocycles. The summed E-state index contributed by atoms with van der Waals surface area (Å²) in [5.41, 5.74) is 3.53. The number of rotatable bonds is 7. The van der Waals surface area contributed by atoms with Gasteiger partial charge in [0.05, 0.1) is 19.0 Å². The number of ether oxygens (including phenoxy) is 2. The standard InChI is InChI=1S/C24H17N5O4S/c1-32-19-12-15(9-10-18(19)33-23(31)20-8-5-11-34-20)14-26-29-24-27-21(16-6-3-2-4-7-16)17(13-25)22(30)28-24/h2-12,14H,1H3,(H2,27,28,29,30). The molecule has 0 aliphatic heterocycles. The van der Waals surface area contributed by atoms with E-state index in [0.29, 0.717) is 21.8 Å². The number of carbonyl (C=O) groups excluding carboxylic acids is 1. The molecule has 2 aromatic heterocycles. The van der Waals surface area contributed by atoms with E-state index in [0.717, 1.165) is 0 Å². The number of H-pyrrole nitrogens is 1. The van der Waals surface area contributed by atoms with Gasteiger partial charge in [-0.05, 0) is 35.2 Å². The molecule has 4 rings (SSSR count). The fourth-order valence-electron chi connectivity index (χ4n) is 3.00. The van der Waals surface area contributed by atoms with E-state index in [9.17, 15) is 14.9 Å². The first-order valence-corrected chi connectivity index (χ1v) is 10.8. The van der Waals surface area contributed by atoms with Crippen molar-refractivity contribution in [3.05, 3.63) is 92.4 Å². The van der Waals surface area contributed by atoms with Crippen LogP contribution in [0.1, 0.15) is 20.8 Å². The minimum Gasteiger partial charge on any atom is -0.493 e. The molecule has 0 atom stereocenters. The molecule has 0 aliphatic rings. The van der Waals surface area contributed by atoms with Gasteiger partial charge < -0.3 is 9.47 Å². The zero-order valence-corrected chi connectivity index (χ0v) is 18.6. The fraction of sp³-hybridized carbons (Fsp3) is 0.0417. The average molecular weight is 471 g/mol. The Kier molecular flexibility index (Phi) is 6.76. The third-order valence-electron chi connectivity index (χ3n) is 4.58. The van der Waals surface area contributed by atoms with Crippen molar-refractivity contribution < 1.29 is 14.3 Å². The zero-order valence-electron chi connectivity index (χ0n) is 17.8. The second kappa shape index (κ2) is 10.2. The second-order valence-corrected chi connectivity index (χ2v) is 7.71.